The molecular formula is C20H19F2NO6S. The highest BCUT2D eigenvalue weighted by molar-refractivity contribution is 7.89. The summed E-state index contributed by atoms with van der Waals surface area (Å²) in [6.07, 6.45) is 1.49. The fraction of sp³-hybridized carbons (Fsp3) is 0.300. The predicted octanol–water partition coefficient (Wildman–Crippen LogP) is 2.80. The largest absolute Gasteiger partial charge is 0.495 e. The van der Waals surface area contributed by atoms with Gasteiger partial charge >= 0.3 is 5.97 Å². The summed E-state index contributed by atoms with van der Waals surface area (Å²) in [5.74, 6) is -3.89. The molecule has 0 aromatic heterocycles. The number of benzene rings is 2. The molecular weight excluding hydrogens is 420 g/mol. The van der Waals surface area contributed by atoms with Crippen LogP contribution < -0.4 is 4.74 Å². The fourth-order valence-electron chi connectivity index (χ4n) is 3.04. The monoisotopic (exact) mass is 439 g/mol. The highest BCUT2D eigenvalue weighted by Crippen LogP contribution is 2.30. The lowest BCUT2D eigenvalue weighted by atomic mass is 10.1. The molecule has 2 aromatic carbocycles. The van der Waals surface area contributed by atoms with Gasteiger partial charge in [0.2, 0.25) is 10.0 Å². The van der Waals surface area contributed by atoms with Crippen molar-refractivity contribution in [3.05, 3.63) is 59.2 Å². The third-order valence-electron chi connectivity index (χ3n) is 4.66. The van der Waals surface area contributed by atoms with E-state index < -0.39 is 40.0 Å². The second-order valence-electron chi connectivity index (χ2n) is 6.61. The summed E-state index contributed by atoms with van der Waals surface area (Å²) in [4.78, 5) is 24.2. The van der Waals surface area contributed by atoms with Crippen molar-refractivity contribution in [3.8, 4) is 5.75 Å². The number of rotatable bonds is 7. The lowest BCUT2D eigenvalue weighted by Gasteiger charge is -2.18. The van der Waals surface area contributed by atoms with Gasteiger partial charge in [-0.1, -0.05) is 0 Å². The van der Waals surface area contributed by atoms with Crippen LogP contribution >= 0.6 is 0 Å². The summed E-state index contributed by atoms with van der Waals surface area (Å²) in [6, 6.07) is 6.35. The van der Waals surface area contributed by atoms with Crippen molar-refractivity contribution >= 4 is 21.8 Å². The second kappa shape index (κ2) is 8.88. The Kier molecular flexibility index (Phi) is 6.47. The van der Waals surface area contributed by atoms with Gasteiger partial charge in [0, 0.05) is 18.7 Å². The summed E-state index contributed by atoms with van der Waals surface area (Å²) in [7, 11) is -2.55. The Balaban J connectivity index is 1.77. The Labute approximate surface area is 172 Å². The van der Waals surface area contributed by atoms with Crippen molar-refractivity contribution in [1.82, 2.24) is 4.31 Å². The first kappa shape index (κ1) is 21.8. The number of sulfonamides is 1. The quantitative estimate of drug-likeness (QED) is 0.487. The van der Waals surface area contributed by atoms with E-state index in [1.165, 1.54) is 23.5 Å². The van der Waals surface area contributed by atoms with Gasteiger partial charge in [0.25, 0.3) is 0 Å². The number of esters is 1. The Morgan fingerprint density at radius 1 is 1.00 bits per heavy atom. The minimum atomic E-state index is -3.86. The first-order chi connectivity index (χ1) is 14.2. The molecule has 0 atom stereocenters. The lowest BCUT2D eigenvalue weighted by molar-refractivity contribution is 0.0474. The minimum Gasteiger partial charge on any atom is -0.495 e. The Bertz CT molecular complexity index is 1080. The van der Waals surface area contributed by atoms with Gasteiger partial charge in [-0.2, -0.15) is 4.31 Å². The number of halogens is 2. The molecule has 0 spiro atoms. The van der Waals surface area contributed by atoms with Gasteiger partial charge < -0.3 is 9.47 Å². The third kappa shape index (κ3) is 4.49. The molecule has 0 radical (unpaired) electrons. The number of methoxy groups -OCH3 is 1. The van der Waals surface area contributed by atoms with E-state index in [0.717, 1.165) is 31.0 Å². The first-order valence-electron chi connectivity index (χ1n) is 9.07. The van der Waals surface area contributed by atoms with E-state index in [9.17, 15) is 26.8 Å². The zero-order chi connectivity index (χ0) is 21.9. The normalized spacial score (nSPS) is 14.5. The maximum Gasteiger partial charge on any atom is 0.338 e. The van der Waals surface area contributed by atoms with Crippen molar-refractivity contribution in [1.29, 1.82) is 0 Å². The van der Waals surface area contributed by atoms with E-state index in [-0.39, 0.29) is 21.8 Å². The molecule has 0 unspecified atom stereocenters. The van der Waals surface area contributed by atoms with Gasteiger partial charge in [-0.15, -0.1) is 0 Å². The predicted molar refractivity (Wildman–Crippen MR) is 102 cm³/mol. The maximum absolute atomic E-state index is 13.3. The Morgan fingerprint density at radius 3 is 2.30 bits per heavy atom. The minimum absolute atomic E-state index is 0.0799. The SMILES string of the molecule is COc1ccc(C(=O)OCC(=O)c2ccc(F)c(F)c2)cc1S(=O)(=O)N1CCCC1. The van der Waals surface area contributed by atoms with E-state index in [4.69, 9.17) is 9.47 Å². The third-order valence-corrected chi connectivity index (χ3v) is 6.58. The molecule has 1 heterocycles. The van der Waals surface area contributed by atoms with Crippen LogP contribution in [-0.4, -0.2) is 51.3 Å². The molecule has 1 aliphatic rings. The van der Waals surface area contributed by atoms with Crippen molar-refractivity contribution in [2.24, 2.45) is 0 Å². The van der Waals surface area contributed by atoms with E-state index >= 15 is 0 Å². The average Bonchev–Trinajstić information content (AvgIpc) is 3.29. The number of hydrogen-bond donors (Lipinski definition) is 0. The van der Waals surface area contributed by atoms with E-state index in [1.807, 2.05) is 0 Å². The van der Waals surface area contributed by atoms with E-state index in [1.54, 1.807) is 0 Å². The second-order valence-corrected chi connectivity index (χ2v) is 8.51. The molecule has 3 rings (SSSR count). The number of nitrogens with zero attached hydrogens (tertiary/aromatic N) is 1. The number of ketones is 1. The summed E-state index contributed by atoms with van der Waals surface area (Å²) < 4.78 is 63.3. The topological polar surface area (TPSA) is 90.0 Å². The molecule has 10 heteroatoms. The first-order valence-corrected chi connectivity index (χ1v) is 10.5. The van der Waals surface area contributed by atoms with Crippen LogP contribution in [0.2, 0.25) is 0 Å². The van der Waals surface area contributed by atoms with Gasteiger partial charge in [0.1, 0.15) is 10.6 Å². The number of ether oxygens (including phenoxy) is 2. The molecule has 160 valence electrons. The van der Waals surface area contributed by atoms with Crippen LogP contribution in [0.1, 0.15) is 33.6 Å². The van der Waals surface area contributed by atoms with Gasteiger partial charge in [-0.3, -0.25) is 4.79 Å². The van der Waals surface area contributed by atoms with E-state index in [0.29, 0.717) is 19.2 Å². The van der Waals surface area contributed by atoms with Crippen LogP contribution in [0.15, 0.2) is 41.3 Å². The molecule has 1 aliphatic heterocycles. The number of carbonyl (C=O) groups excluding carboxylic acids is 2. The molecule has 7 nitrogen and oxygen atoms in total. The molecule has 0 N–H and O–H groups in total. The van der Waals surface area contributed by atoms with Gasteiger partial charge in [0.15, 0.2) is 24.0 Å². The Morgan fingerprint density at radius 2 is 1.67 bits per heavy atom. The standard InChI is InChI=1S/C20H19F2NO6S/c1-28-18-7-5-14(11-19(18)30(26,27)23-8-2-3-9-23)20(25)29-12-17(24)13-4-6-15(21)16(22)10-13/h4-7,10-11H,2-3,8-9,12H2,1H3. The highest BCUT2D eigenvalue weighted by Gasteiger charge is 2.31. The molecule has 30 heavy (non-hydrogen) atoms. The fourth-order valence-corrected chi connectivity index (χ4v) is 4.74. The summed E-state index contributed by atoms with van der Waals surface area (Å²) in [5, 5.41) is 0. The maximum atomic E-state index is 13.3. The van der Waals surface area contributed by atoms with Crippen LogP contribution in [0.5, 0.6) is 5.75 Å². The zero-order valence-electron chi connectivity index (χ0n) is 16.1. The molecule has 0 aliphatic carbocycles. The molecule has 0 bridgehead atoms. The highest BCUT2D eigenvalue weighted by atomic mass is 32.2. The van der Waals surface area contributed by atoms with Crippen LogP contribution in [-0.2, 0) is 14.8 Å². The average molecular weight is 439 g/mol. The summed E-state index contributed by atoms with van der Waals surface area (Å²) >= 11 is 0. The van der Waals surface area contributed by atoms with Gasteiger partial charge in [-0.05, 0) is 49.2 Å². The van der Waals surface area contributed by atoms with Crippen LogP contribution in [0.4, 0.5) is 8.78 Å². The van der Waals surface area contributed by atoms with Crippen molar-refractivity contribution in [2.45, 2.75) is 17.7 Å². The summed E-state index contributed by atoms with van der Waals surface area (Å²) in [6.45, 7) is 0.0376. The molecule has 0 saturated carbocycles. The molecule has 1 fully saturated rings. The zero-order valence-corrected chi connectivity index (χ0v) is 16.9. The Hall–Kier alpha value is -2.85. The van der Waals surface area contributed by atoms with Crippen LogP contribution in [0.3, 0.4) is 0 Å². The molecule has 1 saturated heterocycles. The van der Waals surface area contributed by atoms with Gasteiger partial charge in [-0.25, -0.2) is 22.0 Å². The van der Waals surface area contributed by atoms with Crippen LogP contribution in [0.25, 0.3) is 0 Å². The van der Waals surface area contributed by atoms with Crippen molar-refractivity contribution < 1.29 is 36.3 Å². The lowest BCUT2D eigenvalue weighted by Crippen LogP contribution is -2.28. The number of carbonyl (C=O) groups is 2. The van der Waals surface area contributed by atoms with Crippen molar-refractivity contribution in [2.75, 3.05) is 26.8 Å². The molecule has 2 aromatic rings. The summed E-state index contributed by atoms with van der Waals surface area (Å²) in [5.41, 5.74) is -0.250. The number of hydrogen-bond acceptors (Lipinski definition) is 6. The van der Waals surface area contributed by atoms with Crippen LogP contribution in [0, 0.1) is 11.6 Å². The smallest absolute Gasteiger partial charge is 0.338 e. The van der Waals surface area contributed by atoms with Crippen molar-refractivity contribution in [3.63, 3.8) is 0 Å². The van der Waals surface area contributed by atoms with Gasteiger partial charge in [0.05, 0.1) is 12.7 Å². The number of Topliss-reactive ketones (excluding diaryl/α,β-unsaturated/α-hetero) is 1. The molecule has 0 amide bonds. The van der Waals surface area contributed by atoms with E-state index in [2.05, 4.69) is 0 Å².